The van der Waals surface area contributed by atoms with Gasteiger partial charge in [0.2, 0.25) is 0 Å². The fourth-order valence-electron chi connectivity index (χ4n) is 4.48. The quantitative estimate of drug-likeness (QED) is 0.331. The molecule has 2 aromatic heterocycles. The number of pyridine rings is 1. The van der Waals surface area contributed by atoms with Crippen molar-refractivity contribution >= 4 is 16.4 Å². The molecule has 0 aliphatic heterocycles. The predicted octanol–water partition coefficient (Wildman–Crippen LogP) is 6.33. The molecule has 0 N–H and O–H groups in total. The molecule has 5 aromatic rings. The number of hydrogen-bond donors (Lipinski definition) is 0. The molecule has 0 bridgehead atoms. The van der Waals surface area contributed by atoms with Crippen LogP contribution in [-0.4, -0.2) is 4.40 Å². The summed E-state index contributed by atoms with van der Waals surface area (Å²) in [7, 11) is 0. The summed E-state index contributed by atoms with van der Waals surface area (Å²) in [6, 6.07) is 30.6. The molecule has 0 unspecified atom stereocenters. The first-order chi connectivity index (χ1) is 12.9. The van der Waals surface area contributed by atoms with E-state index in [1.165, 1.54) is 49.8 Å². The summed E-state index contributed by atoms with van der Waals surface area (Å²) < 4.78 is 2.38. The fourth-order valence-corrected chi connectivity index (χ4v) is 4.48. The highest BCUT2D eigenvalue weighted by Crippen LogP contribution is 2.45. The van der Waals surface area contributed by atoms with Gasteiger partial charge in [0.05, 0.1) is 11.0 Å². The van der Waals surface area contributed by atoms with Gasteiger partial charge in [-0.1, -0.05) is 72.8 Å². The number of para-hydroxylation sites is 1. The van der Waals surface area contributed by atoms with Crippen molar-refractivity contribution in [2.24, 2.45) is 0 Å². The molecule has 122 valence electrons. The van der Waals surface area contributed by atoms with Crippen molar-refractivity contribution in [3.05, 3.63) is 102 Å². The second-order valence-electron chi connectivity index (χ2n) is 7.06. The first-order valence-corrected chi connectivity index (χ1v) is 9.09. The summed E-state index contributed by atoms with van der Waals surface area (Å²) in [4.78, 5) is 0. The average Bonchev–Trinajstić information content (AvgIpc) is 3.25. The van der Waals surface area contributed by atoms with Crippen LogP contribution in [0.1, 0.15) is 11.1 Å². The van der Waals surface area contributed by atoms with E-state index in [4.69, 9.17) is 0 Å². The van der Waals surface area contributed by atoms with E-state index in [9.17, 15) is 0 Å². The Kier molecular flexibility index (Phi) is 2.72. The van der Waals surface area contributed by atoms with Crippen LogP contribution in [0.2, 0.25) is 0 Å². The lowest BCUT2D eigenvalue weighted by Gasteiger charge is -2.13. The Labute approximate surface area is 152 Å². The van der Waals surface area contributed by atoms with E-state index in [1.807, 2.05) is 0 Å². The van der Waals surface area contributed by atoms with Crippen LogP contribution in [0.15, 0.2) is 91.1 Å². The van der Waals surface area contributed by atoms with Gasteiger partial charge >= 0.3 is 0 Å². The Balaban J connectivity index is 1.83. The van der Waals surface area contributed by atoms with Crippen molar-refractivity contribution in [3.63, 3.8) is 0 Å². The summed E-state index contributed by atoms with van der Waals surface area (Å²) in [5.41, 5.74) is 10.8. The van der Waals surface area contributed by atoms with Gasteiger partial charge in [0.15, 0.2) is 0 Å². The van der Waals surface area contributed by atoms with Gasteiger partial charge in [-0.25, -0.2) is 0 Å². The second-order valence-corrected chi connectivity index (χ2v) is 7.06. The number of nitrogens with zero attached hydrogens (tertiary/aromatic N) is 1. The first-order valence-electron chi connectivity index (χ1n) is 9.09. The van der Waals surface area contributed by atoms with Crippen LogP contribution in [0.25, 0.3) is 38.7 Å². The van der Waals surface area contributed by atoms with Crippen LogP contribution in [0.5, 0.6) is 0 Å². The number of hydrogen-bond acceptors (Lipinski definition) is 0. The van der Waals surface area contributed by atoms with Crippen molar-refractivity contribution < 1.29 is 0 Å². The Hall–Kier alpha value is -3.32. The highest BCUT2D eigenvalue weighted by atomic mass is 14.9. The standard InChI is InChI=1S/C25H17N/c1-2-8-17(9-3-1)25-23-15-19-11-5-7-13-22(19)26(23)16-20-14-18-10-4-6-12-21(18)24(20)25/h1-13,15-16H,14H2. The molecule has 3 aromatic carbocycles. The molecule has 1 nitrogen and oxygen atoms in total. The van der Waals surface area contributed by atoms with Crippen LogP contribution in [0.3, 0.4) is 0 Å². The molecule has 1 aliphatic rings. The van der Waals surface area contributed by atoms with Gasteiger partial charge in [-0.05, 0) is 39.9 Å². The van der Waals surface area contributed by atoms with E-state index in [1.54, 1.807) is 0 Å². The van der Waals surface area contributed by atoms with Crippen molar-refractivity contribution in [2.75, 3.05) is 0 Å². The molecule has 0 fully saturated rings. The van der Waals surface area contributed by atoms with Gasteiger partial charge in [-0.3, -0.25) is 0 Å². The van der Waals surface area contributed by atoms with Crippen molar-refractivity contribution in [2.45, 2.75) is 6.42 Å². The summed E-state index contributed by atoms with van der Waals surface area (Å²) in [6.07, 6.45) is 3.35. The maximum absolute atomic E-state index is 2.38. The van der Waals surface area contributed by atoms with E-state index in [2.05, 4.69) is 95.5 Å². The third kappa shape index (κ3) is 1.80. The molecule has 0 saturated heterocycles. The molecule has 0 saturated carbocycles. The Morgan fingerprint density at radius 3 is 2.31 bits per heavy atom. The van der Waals surface area contributed by atoms with Crippen LogP contribution in [0, 0.1) is 0 Å². The van der Waals surface area contributed by atoms with E-state index < -0.39 is 0 Å². The zero-order valence-corrected chi connectivity index (χ0v) is 14.3. The minimum absolute atomic E-state index is 1.01. The molecule has 2 heterocycles. The lowest BCUT2D eigenvalue weighted by Crippen LogP contribution is -1.94. The van der Waals surface area contributed by atoms with Gasteiger partial charge in [0.1, 0.15) is 0 Å². The Morgan fingerprint density at radius 1 is 0.615 bits per heavy atom. The monoisotopic (exact) mass is 331 g/mol. The molecule has 1 aliphatic carbocycles. The largest absolute Gasteiger partial charge is 0.316 e. The lowest BCUT2D eigenvalue weighted by molar-refractivity contribution is 1.17. The van der Waals surface area contributed by atoms with Crippen molar-refractivity contribution in [3.8, 4) is 22.3 Å². The normalized spacial score (nSPS) is 12.5. The number of benzene rings is 3. The van der Waals surface area contributed by atoms with Crippen molar-refractivity contribution in [1.82, 2.24) is 4.40 Å². The summed E-state index contributed by atoms with van der Waals surface area (Å²) in [6.45, 7) is 0. The SMILES string of the molecule is c1ccc(-c2c3c(cn4c2cc2ccccc24)Cc2ccccc2-3)cc1. The predicted molar refractivity (Wildman–Crippen MR) is 109 cm³/mol. The van der Waals surface area contributed by atoms with Gasteiger partial charge < -0.3 is 4.40 Å². The van der Waals surface area contributed by atoms with Crippen molar-refractivity contribution in [1.29, 1.82) is 0 Å². The zero-order valence-electron chi connectivity index (χ0n) is 14.3. The average molecular weight is 331 g/mol. The third-order valence-electron chi connectivity index (χ3n) is 5.59. The van der Waals surface area contributed by atoms with Crippen LogP contribution >= 0.6 is 0 Å². The maximum Gasteiger partial charge on any atom is 0.0547 e. The van der Waals surface area contributed by atoms with Gasteiger partial charge in [-0.15, -0.1) is 0 Å². The van der Waals surface area contributed by atoms with Gasteiger partial charge in [0, 0.05) is 23.6 Å². The van der Waals surface area contributed by atoms with E-state index >= 15 is 0 Å². The molecule has 0 radical (unpaired) electrons. The smallest absolute Gasteiger partial charge is 0.0547 e. The van der Waals surface area contributed by atoms with Gasteiger partial charge in [0.25, 0.3) is 0 Å². The van der Waals surface area contributed by atoms with E-state index in [0.29, 0.717) is 0 Å². The lowest BCUT2D eigenvalue weighted by atomic mass is 9.94. The first kappa shape index (κ1) is 13.9. The molecule has 0 amide bonds. The zero-order chi connectivity index (χ0) is 17.1. The molecule has 0 atom stereocenters. The molecular weight excluding hydrogens is 314 g/mol. The van der Waals surface area contributed by atoms with Crippen LogP contribution in [0.4, 0.5) is 0 Å². The molecule has 6 rings (SSSR count). The number of fused-ring (bicyclic) bond motifs is 6. The summed E-state index contributed by atoms with van der Waals surface area (Å²) >= 11 is 0. The molecular formula is C25H17N. The number of aromatic nitrogens is 1. The van der Waals surface area contributed by atoms with E-state index in [0.717, 1.165) is 6.42 Å². The molecule has 0 spiro atoms. The summed E-state index contributed by atoms with van der Waals surface area (Å²) in [5.74, 6) is 0. The Morgan fingerprint density at radius 2 is 1.38 bits per heavy atom. The highest BCUT2D eigenvalue weighted by molar-refractivity contribution is 6.02. The fraction of sp³-hybridized carbons (Fsp3) is 0.0400. The highest BCUT2D eigenvalue weighted by Gasteiger charge is 2.25. The third-order valence-corrected chi connectivity index (χ3v) is 5.59. The summed E-state index contributed by atoms with van der Waals surface area (Å²) in [5, 5.41) is 1.29. The topological polar surface area (TPSA) is 4.41 Å². The van der Waals surface area contributed by atoms with Gasteiger partial charge in [-0.2, -0.15) is 0 Å². The van der Waals surface area contributed by atoms with Crippen LogP contribution < -0.4 is 0 Å². The minimum atomic E-state index is 1.01. The second kappa shape index (κ2) is 5.09. The van der Waals surface area contributed by atoms with Crippen LogP contribution in [-0.2, 0) is 6.42 Å². The molecule has 26 heavy (non-hydrogen) atoms. The number of rotatable bonds is 1. The van der Waals surface area contributed by atoms with E-state index in [-0.39, 0.29) is 0 Å². The molecule has 1 heteroatoms. The Bertz CT molecular complexity index is 1290. The minimum Gasteiger partial charge on any atom is -0.316 e. The maximum atomic E-state index is 2.38.